The van der Waals surface area contributed by atoms with E-state index in [2.05, 4.69) is 0 Å². The molecule has 1 fully saturated rings. The van der Waals surface area contributed by atoms with Crippen molar-refractivity contribution in [2.45, 2.75) is 25.9 Å². The number of halogens is 1. The molecule has 0 bridgehead atoms. The first-order chi connectivity index (χ1) is 8.56. The second-order valence-corrected chi connectivity index (χ2v) is 5.37. The first-order valence-corrected chi connectivity index (χ1v) is 6.64. The predicted molar refractivity (Wildman–Crippen MR) is 71.5 cm³/mol. The number of benzene rings is 1. The Morgan fingerprint density at radius 1 is 1.61 bits per heavy atom. The van der Waals surface area contributed by atoms with Crippen molar-refractivity contribution in [3.63, 3.8) is 0 Å². The minimum absolute atomic E-state index is 0.111. The SMILES string of the molecule is CC(O)C1CCN(C(=O)Cc2cccc(Cl)c2)C1. The highest BCUT2D eigenvalue weighted by Crippen LogP contribution is 2.21. The Morgan fingerprint density at radius 2 is 2.39 bits per heavy atom. The molecule has 98 valence electrons. The fourth-order valence-corrected chi connectivity index (χ4v) is 2.55. The molecule has 1 saturated heterocycles. The van der Waals surface area contributed by atoms with Crippen LogP contribution in [-0.2, 0) is 11.2 Å². The van der Waals surface area contributed by atoms with Crippen LogP contribution in [0.2, 0.25) is 5.02 Å². The van der Waals surface area contributed by atoms with Crippen LogP contribution >= 0.6 is 11.6 Å². The lowest BCUT2D eigenvalue weighted by molar-refractivity contribution is -0.129. The molecule has 1 aromatic carbocycles. The number of nitrogens with zero attached hydrogens (tertiary/aromatic N) is 1. The maximum absolute atomic E-state index is 12.1. The Kier molecular flexibility index (Phi) is 4.25. The molecule has 2 atom stereocenters. The normalized spacial score (nSPS) is 21.1. The second kappa shape index (κ2) is 5.72. The van der Waals surface area contributed by atoms with E-state index in [4.69, 9.17) is 11.6 Å². The van der Waals surface area contributed by atoms with Crippen molar-refractivity contribution in [2.24, 2.45) is 5.92 Å². The first-order valence-electron chi connectivity index (χ1n) is 6.26. The predicted octanol–water partition coefficient (Wildman–Crippen LogP) is 2.11. The Bertz CT molecular complexity index is 434. The van der Waals surface area contributed by atoms with Crippen molar-refractivity contribution in [1.29, 1.82) is 0 Å². The molecule has 0 saturated carbocycles. The Balaban J connectivity index is 1.93. The Hall–Kier alpha value is -1.06. The van der Waals surface area contributed by atoms with Crippen LogP contribution in [0.15, 0.2) is 24.3 Å². The van der Waals surface area contributed by atoms with E-state index in [1.165, 1.54) is 0 Å². The van der Waals surface area contributed by atoms with Gasteiger partial charge in [0, 0.05) is 24.0 Å². The molecule has 1 N–H and O–H groups in total. The number of aliphatic hydroxyl groups is 1. The molecule has 0 aromatic heterocycles. The number of rotatable bonds is 3. The summed E-state index contributed by atoms with van der Waals surface area (Å²) in [5.74, 6) is 0.328. The number of likely N-dealkylation sites (tertiary alicyclic amines) is 1. The smallest absolute Gasteiger partial charge is 0.227 e. The minimum atomic E-state index is -0.339. The van der Waals surface area contributed by atoms with E-state index in [-0.39, 0.29) is 17.9 Å². The summed E-state index contributed by atoms with van der Waals surface area (Å²) in [5.41, 5.74) is 0.938. The summed E-state index contributed by atoms with van der Waals surface area (Å²) in [6.45, 7) is 3.20. The largest absolute Gasteiger partial charge is 0.393 e. The van der Waals surface area contributed by atoms with Crippen LogP contribution < -0.4 is 0 Å². The zero-order valence-corrected chi connectivity index (χ0v) is 11.2. The summed E-state index contributed by atoms with van der Waals surface area (Å²) < 4.78 is 0. The van der Waals surface area contributed by atoms with Crippen molar-refractivity contribution in [3.8, 4) is 0 Å². The van der Waals surface area contributed by atoms with Gasteiger partial charge in [0.1, 0.15) is 0 Å². The van der Waals surface area contributed by atoms with E-state index in [9.17, 15) is 9.90 Å². The Morgan fingerprint density at radius 3 is 3.00 bits per heavy atom. The second-order valence-electron chi connectivity index (χ2n) is 4.94. The fraction of sp³-hybridized carbons (Fsp3) is 0.500. The molecular weight excluding hydrogens is 250 g/mol. The molecule has 1 aliphatic rings. The molecule has 1 heterocycles. The van der Waals surface area contributed by atoms with E-state index in [0.29, 0.717) is 18.0 Å². The zero-order chi connectivity index (χ0) is 13.1. The van der Waals surface area contributed by atoms with Crippen LogP contribution in [0.4, 0.5) is 0 Å². The van der Waals surface area contributed by atoms with Gasteiger partial charge in [-0.1, -0.05) is 23.7 Å². The molecular formula is C14H18ClNO2. The molecule has 3 nitrogen and oxygen atoms in total. The molecule has 0 aliphatic carbocycles. The van der Waals surface area contributed by atoms with E-state index in [1.807, 2.05) is 23.1 Å². The fourth-order valence-electron chi connectivity index (χ4n) is 2.34. The van der Waals surface area contributed by atoms with Gasteiger partial charge in [0.2, 0.25) is 5.91 Å². The van der Waals surface area contributed by atoms with Gasteiger partial charge in [-0.2, -0.15) is 0 Å². The van der Waals surface area contributed by atoms with Crippen LogP contribution in [-0.4, -0.2) is 35.1 Å². The molecule has 0 spiro atoms. The average molecular weight is 268 g/mol. The number of hydrogen-bond donors (Lipinski definition) is 1. The van der Waals surface area contributed by atoms with Gasteiger partial charge < -0.3 is 10.0 Å². The Labute approximate surface area is 112 Å². The van der Waals surface area contributed by atoms with Crippen molar-refractivity contribution in [2.75, 3.05) is 13.1 Å². The molecule has 1 amide bonds. The quantitative estimate of drug-likeness (QED) is 0.911. The van der Waals surface area contributed by atoms with Gasteiger partial charge >= 0.3 is 0 Å². The third kappa shape index (κ3) is 3.24. The molecule has 18 heavy (non-hydrogen) atoms. The third-order valence-electron chi connectivity index (χ3n) is 3.50. The summed E-state index contributed by atoms with van der Waals surface area (Å²) in [5, 5.41) is 10.2. The molecule has 1 aliphatic heterocycles. The van der Waals surface area contributed by atoms with Gasteiger partial charge in [-0.25, -0.2) is 0 Å². The molecule has 4 heteroatoms. The molecule has 0 radical (unpaired) electrons. The number of carbonyl (C=O) groups excluding carboxylic acids is 1. The maximum atomic E-state index is 12.1. The summed E-state index contributed by atoms with van der Waals surface area (Å²) in [7, 11) is 0. The lowest BCUT2D eigenvalue weighted by Crippen LogP contribution is -2.31. The number of carbonyl (C=O) groups is 1. The lowest BCUT2D eigenvalue weighted by atomic mass is 10.0. The average Bonchev–Trinajstić information content (AvgIpc) is 2.78. The van der Waals surface area contributed by atoms with Gasteiger partial charge in [0.05, 0.1) is 12.5 Å². The number of hydrogen-bond acceptors (Lipinski definition) is 2. The van der Waals surface area contributed by atoms with Gasteiger partial charge in [0.15, 0.2) is 0 Å². The van der Waals surface area contributed by atoms with E-state index in [1.54, 1.807) is 13.0 Å². The van der Waals surface area contributed by atoms with Crippen LogP contribution in [0.1, 0.15) is 18.9 Å². The monoisotopic (exact) mass is 267 g/mol. The van der Waals surface area contributed by atoms with E-state index < -0.39 is 0 Å². The molecule has 2 unspecified atom stereocenters. The highest BCUT2D eigenvalue weighted by Gasteiger charge is 2.28. The number of amides is 1. The van der Waals surface area contributed by atoms with Crippen LogP contribution in [0.5, 0.6) is 0 Å². The van der Waals surface area contributed by atoms with Gasteiger partial charge in [-0.15, -0.1) is 0 Å². The van der Waals surface area contributed by atoms with Crippen LogP contribution in [0, 0.1) is 5.92 Å². The van der Waals surface area contributed by atoms with Gasteiger partial charge in [-0.05, 0) is 31.0 Å². The summed E-state index contributed by atoms with van der Waals surface area (Å²) in [6.07, 6.45) is 0.931. The highest BCUT2D eigenvalue weighted by molar-refractivity contribution is 6.30. The third-order valence-corrected chi connectivity index (χ3v) is 3.74. The summed E-state index contributed by atoms with van der Waals surface area (Å²) in [6, 6.07) is 7.38. The first kappa shape index (κ1) is 13.4. The van der Waals surface area contributed by atoms with Crippen LogP contribution in [0.3, 0.4) is 0 Å². The molecule has 2 rings (SSSR count). The lowest BCUT2D eigenvalue weighted by Gasteiger charge is -2.17. The van der Waals surface area contributed by atoms with Crippen molar-refractivity contribution in [3.05, 3.63) is 34.9 Å². The topological polar surface area (TPSA) is 40.5 Å². The standard InChI is InChI=1S/C14H18ClNO2/c1-10(17)12-5-6-16(9-12)14(18)8-11-3-2-4-13(15)7-11/h2-4,7,10,12,17H,5-6,8-9H2,1H3. The van der Waals surface area contributed by atoms with Crippen molar-refractivity contribution in [1.82, 2.24) is 4.90 Å². The van der Waals surface area contributed by atoms with Crippen molar-refractivity contribution >= 4 is 17.5 Å². The maximum Gasteiger partial charge on any atom is 0.227 e. The zero-order valence-electron chi connectivity index (χ0n) is 10.5. The minimum Gasteiger partial charge on any atom is -0.393 e. The summed E-state index contributed by atoms with van der Waals surface area (Å²) >= 11 is 5.89. The summed E-state index contributed by atoms with van der Waals surface area (Å²) in [4.78, 5) is 13.9. The van der Waals surface area contributed by atoms with Gasteiger partial charge in [-0.3, -0.25) is 4.79 Å². The highest BCUT2D eigenvalue weighted by atomic mass is 35.5. The molecule has 1 aromatic rings. The number of aliphatic hydroxyl groups excluding tert-OH is 1. The van der Waals surface area contributed by atoms with Crippen molar-refractivity contribution < 1.29 is 9.90 Å². The van der Waals surface area contributed by atoms with E-state index >= 15 is 0 Å². The van der Waals surface area contributed by atoms with Gasteiger partial charge in [0.25, 0.3) is 0 Å². The van der Waals surface area contributed by atoms with Crippen LogP contribution in [0.25, 0.3) is 0 Å². The van der Waals surface area contributed by atoms with E-state index in [0.717, 1.165) is 18.5 Å².